The molecule has 0 spiro atoms. The molecule has 2 fully saturated rings. The van der Waals surface area contributed by atoms with Gasteiger partial charge < -0.3 is 9.47 Å². The van der Waals surface area contributed by atoms with Gasteiger partial charge in [-0.2, -0.15) is 0 Å². The molecule has 0 aliphatic heterocycles. The number of carbonyl (C=O) groups excluding carboxylic acids is 2. The van der Waals surface area contributed by atoms with Crippen LogP contribution >= 0.6 is 0 Å². The van der Waals surface area contributed by atoms with E-state index in [1.54, 1.807) is 0 Å². The van der Waals surface area contributed by atoms with E-state index in [-0.39, 0.29) is 11.5 Å². The van der Waals surface area contributed by atoms with E-state index >= 15 is 0 Å². The fourth-order valence-corrected chi connectivity index (χ4v) is 6.74. The summed E-state index contributed by atoms with van der Waals surface area (Å²) in [5.74, 6) is 3.07. The molecule has 4 nitrogen and oxygen atoms in total. The van der Waals surface area contributed by atoms with Gasteiger partial charge in [-0.05, 0) is 54.9 Å². The van der Waals surface area contributed by atoms with Crippen LogP contribution in [0, 0.1) is 35.0 Å². The first-order chi connectivity index (χ1) is 12.3. The Morgan fingerprint density at radius 3 is 2.77 bits per heavy atom. The summed E-state index contributed by atoms with van der Waals surface area (Å²) in [6, 6.07) is 0. The Morgan fingerprint density at radius 2 is 2.04 bits per heavy atom. The molecule has 0 N–H and O–H groups in total. The first-order valence-electron chi connectivity index (χ1n) is 10.0. The molecule has 2 saturated carbocycles. The van der Waals surface area contributed by atoms with Crippen molar-refractivity contribution in [3.05, 3.63) is 23.3 Å². The molecule has 0 heterocycles. The highest BCUT2D eigenvalue weighted by Gasteiger charge is 2.57. The molecule has 0 radical (unpaired) electrons. The van der Waals surface area contributed by atoms with Gasteiger partial charge in [0, 0.05) is 18.3 Å². The van der Waals surface area contributed by atoms with Crippen LogP contribution in [0.4, 0.5) is 4.79 Å². The van der Waals surface area contributed by atoms with Gasteiger partial charge in [0.05, 0.1) is 7.11 Å². The summed E-state index contributed by atoms with van der Waals surface area (Å²) in [5.41, 5.74) is 2.80. The van der Waals surface area contributed by atoms with Crippen molar-refractivity contribution in [1.29, 1.82) is 0 Å². The third-order valence-electron chi connectivity index (χ3n) is 7.66. The van der Waals surface area contributed by atoms with E-state index in [0.717, 1.165) is 25.7 Å². The lowest BCUT2D eigenvalue weighted by Crippen LogP contribution is -2.51. The average molecular weight is 358 g/mol. The summed E-state index contributed by atoms with van der Waals surface area (Å²) in [6.07, 6.45) is 8.16. The largest absolute Gasteiger partial charge is 0.508 e. The van der Waals surface area contributed by atoms with Gasteiger partial charge in [-0.3, -0.25) is 4.79 Å². The Kier molecular flexibility index (Phi) is 4.28. The number of allylic oxidation sites excluding steroid dienone is 2. The van der Waals surface area contributed by atoms with Gasteiger partial charge >= 0.3 is 6.16 Å². The number of rotatable bonds is 1. The fraction of sp³-hybridized carbons (Fsp3) is 0.727. The van der Waals surface area contributed by atoms with Gasteiger partial charge in [-0.25, -0.2) is 4.79 Å². The Labute approximate surface area is 156 Å². The maximum atomic E-state index is 11.9. The molecule has 4 rings (SSSR count). The first kappa shape index (κ1) is 17.8. The predicted molar refractivity (Wildman–Crippen MR) is 98.4 cm³/mol. The summed E-state index contributed by atoms with van der Waals surface area (Å²) in [4.78, 5) is 23.7. The molecule has 0 aromatic heterocycles. The van der Waals surface area contributed by atoms with E-state index in [1.165, 1.54) is 18.3 Å². The molecule has 0 aromatic rings. The molecule has 7 atom stereocenters. The zero-order chi connectivity index (χ0) is 18.6. The Bertz CT molecular complexity index is 690. The number of ketones is 1. The topological polar surface area (TPSA) is 52.6 Å². The van der Waals surface area contributed by atoms with Crippen LogP contribution < -0.4 is 0 Å². The third kappa shape index (κ3) is 2.56. The SMILES string of the molecule is COC(=O)O[C@H]1CC=C2[C@H]3[C@H]([C@@H](C)C[C@@]21C)[C@H]1CCC(=O)C=C1C[C@H]3C. The van der Waals surface area contributed by atoms with E-state index < -0.39 is 6.16 Å². The lowest BCUT2D eigenvalue weighted by Gasteiger charge is -2.56. The van der Waals surface area contributed by atoms with Gasteiger partial charge in [-0.15, -0.1) is 0 Å². The maximum Gasteiger partial charge on any atom is 0.508 e. The molecule has 4 heteroatoms. The van der Waals surface area contributed by atoms with Crippen LogP contribution in [0.1, 0.15) is 52.9 Å². The summed E-state index contributed by atoms with van der Waals surface area (Å²) < 4.78 is 10.4. The Hall–Kier alpha value is -1.58. The van der Waals surface area contributed by atoms with Crippen molar-refractivity contribution in [2.45, 2.75) is 59.0 Å². The van der Waals surface area contributed by atoms with E-state index in [1.807, 2.05) is 6.08 Å². The second-order valence-electron chi connectivity index (χ2n) is 9.17. The average Bonchev–Trinajstić information content (AvgIpc) is 2.90. The Balaban J connectivity index is 1.67. The van der Waals surface area contributed by atoms with Crippen molar-refractivity contribution < 1.29 is 19.1 Å². The molecule has 26 heavy (non-hydrogen) atoms. The number of fused-ring (bicyclic) bond motifs is 5. The number of ether oxygens (including phenoxy) is 2. The quantitative estimate of drug-likeness (QED) is 0.504. The molecule has 0 amide bonds. The van der Waals surface area contributed by atoms with Crippen LogP contribution in [0.15, 0.2) is 23.3 Å². The Morgan fingerprint density at radius 1 is 1.27 bits per heavy atom. The highest BCUT2D eigenvalue weighted by molar-refractivity contribution is 5.91. The van der Waals surface area contributed by atoms with E-state index in [0.29, 0.717) is 41.8 Å². The van der Waals surface area contributed by atoms with E-state index in [9.17, 15) is 9.59 Å². The van der Waals surface area contributed by atoms with Crippen LogP contribution in [0.5, 0.6) is 0 Å². The monoisotopic (exact) mass is 358 g/mol. The lowest BCUT2D eigenvalue weighted by atomic mass is 9.49. The summed E-state index contributed by atoms with van der Waals surface area (Å²) >= 11 is 0. The van der Waals surface area contributed by atoms with Crippen molar-refractivity contribution in [3.8, 4) is 0 Å². The second-order valence-corrected chi connectivity index (χ2v) is 9.17. The number of methoxy groups -OCH3 is 1. The zero-order valence-electron chi connectivity index (χ0n) is 16.3. The van der Waals surface area contributed by atoms with Gasteiger partial charge in [0.1, 0.15) is 6.10 Å². The highest BCUT2D eigenvalue weighted by Crippen LogP contribution is 2.63. The van der Waals surface area contributed by atoms with Crippen LogP contribution in [0.25, 0.3) is 0 Å². The van der Waals surface area contributed by atoms with Crippen molar-refractivity contribution in [2.75, 3.05) is 7.11 Å². The summed E-state index contributed by atoms with van der Waals surface area (Å²) in [7, 11) is 1.37. The van der Waals surface area contributed by atoms with Crippen LogP contribution in [0.3, 0.4) is 0 Å². The van der Waals surface area contributed by atoms with Crippen LogP contribution in [0.2, 0.25) is 0 Å². The molecule has 0 saturated heterocycles. The first-order valence-corrected chi connectivity index (χ1v) is 10.0. The van der Waals surface area contributed by atoms with Gasteiger partial charge in [-0.1, -0.05) is 38.0 Å². The predicted octanol–water partition coefficient (Wildman–Crippen LogP) is 4.69. The fourth-order valence-electron chi connectivity index (χ4n) is 6.74. The number of carbonyl (C=O) groups is 2. The number of hydrogen-bond acceptors (Lipinski definition) is 4. The van der Waals surface area contributed by atoms with Crippen molar-refractivity contribution >= 4 is 11.9 Å². The minimum absolute atomic E-state index is 0.0886. The maximum absolute atomic E-state index is 11.9. The molecular formula is C22H30O4. The molecule has 4 aliphatic carbocycles. The minimum atomic E-state index is -0.576. The molecule has 0 unspecified atom stereocenters. The van der Waals surface area contributed by atoms with Crippen LogP contribution in [-0.4, -0.2) is 25.2 Å². The molecule has 4 aliphatic rings. The zero-order valence-corrected chi connectivity index (χ0v) is 16.3. The van der Waals surface area contributed by atoms with Crippen molar-refractivity contribution in [2.24, 2.45) is 35.0 Å². The van der Waals surface area contributed by atoms with Gasteiger partial charge in [0.2, 0.25) is 0 Å². The minimum Gasteiger partial charge on any atom is -0.438 e. The van der Waals surface area contributed by atoms with E-state index in [2.05, 4.69) is 26.8 Å². The highest BCUT2D eigenvalue weighted by atomic mass is 16.7. The standard InChI is InChI=1S/C22H30O4/c1-12-9-14-10-15(23)5-6-16(14)19-13(2)11-22(3)17(20(12)19)7-8-18(22)26-21(24)25-4/h7,10,12-13,16,18-20H,5-6,8-9,11H2,1-4H3/t12-,13+,16+,18+,19-,20+,22+/m1/s1. The molecule has 0 bridgehead atoms. The third-order valence-corrected chi connectivity index (χ3v) is 7.66. The van der Waals surface area contributed by atoms with Crippen molar-refractivity contribution in [1.82, 2.24) is 0 Å². The van der Waals surface area contributed by atoms with Crippen molar-refractivity contribution in [3.63, 3.8) is 0 Å². The number of hydrogen-bond donors (Lipinski definition) is 0. The lowest BCUT2D eigenvalue weighted by molar-refractivity contribution is -0.116. The smallest absolute Gasteiger partial charge is 0.438 e. The summed E-state index contributed by atoms with van der Waals surface area (Å²) in [5, 5.41) is 0. The molecule has 142 valence electrons. The van der Waals surface area contributed by atoms with Crippen LogP contribution in [-0.2, 0) is 14.3 Å². The van der Waals surface area contributed by atoms with Gasteiger partial charge in [0.25, 0.3) is 0 Å². The van der Waals surface area contributed by atoms with Gasteiger partial charge in [0.15, 0.2) is 5.78 Å². The molecular weight excluding hydrogens is 328 g/mol. The molecule has 0 aromatic carbocycles. The second kappa shape index (κ2) is 6.24. The normalized spacial score (nSPS) is 44.2. The van der Waals surface area contributed by atoms with E-state index in [4.69, 9.17) is 9.47 Å². The summed E-state index contributed by atoms with van der Waals surface area (Å²) in [6.45, 7) is 6.97.